The molecule has 0 bridgehead atoms. The molecule has 0 atom stereocenters. The SMILES string of the molecule is COc1ccc(/C=C(/NC(=O)O)c2ccc(OCc3ccccc3)cc2)cc1. The number of amides is 1. The van der Waals surface area contributed by atoms with Crippen LogP contribution in [0.5, 0.6) is 11.5 Å². The van der Waals surface area contributed by atoms with Gasteiger partial charge >= 0.3 is 6.09 Å². The van der Waals surface area contributed by atoms with Crippen molar-refractivity contribution >= 4 is 17.9 Å². The lowest BCUT2D eigenvalue weighted by Crippen LogP contribution is -2.19. The average molecular weight is 375 g/mol. The molecule has 0 radical (unpaired) electrons. The van der Waals surface area contributed by atoms with Crippen LogP contribution >= 0.6 is 0 Å². The van der Waals surface area contributed by atoms with Crippen molar-refractivity contribution < 1.29 is 19.4 Å². The highest BCUT2D eigenvalue weighted by atomic mass is 16.5. The Bertz CT molecular complexity index is 933. The number of nitrogens with one attached hydrogen (secondary N) is 1. The Kier molecular flexibility index (Phi) is 6.31. The number of hydrogen-bond donors (Lipinski definition) is 2. The van der Waals surface area contributed by atoms with Crippen LogP contribution in [0.1, 0.15) is 16.7 Å². The molecule has 3 aromatic rings. The minimum atomic E-state index is -1.12. The summed E-state index contributed by atoms with van der Waals surface area (Å²) in [5.74, 6) is 1.46. The zero-order chi connectivity index (χ0) is 19.8. The van der Waals surface area contributed by atoms with Crippen LogP contribution in [-0.2, 0) is 6.61 Å². The molecule has 2 N–H and O–H groups in total. The highest BCUT2D eigenvalue weighted by molar-refractivity contribution is 5.89. The summed E-state index contributed by atoms with van der Waals surface area (Å²) in [4.78, 5) is 11.2. The molecule has 142 valence electrons. The zero-order valence-electron chi connectivity index (χ0n) is 15.5. The third-order valence-corrected chi connectivity index (χ3v) is 4.08. The van der Waals surface area contributed by atoms with E-state index >= 15 is 0 Å². The Morgan fingerprint density at radius 2 is 1.57 bits per heavy atom. The van der Waals surface area contributed by atoms with Gasteiger partial charge in [-0.3, -0.25) is 5.32 Å². The first-order chi connectivity index (χ1) is 13.6. The molecule has 0 aliphatic carbocycles. The van der Waals surface area contributed by atoms with Crippen LogP contribution < -0.4 is 14.8 Å². The van der Waals surface area contributed by atoms with Crippen LogP contribution in [0.2, 0.25) is 0 Å². The van der Waals surface area contributed by atoms with Gasteiger partial charge in [-0.1, -0.05) is 42.5 Å². The average Bonchev–Trinajstić information content (AvgIpc) is 2.73. The monoisotopic (exact) mass is 375 g/mol. The summed E-state index contributed by atoms with van der Waals surface area (Å²) in [6.45, 7) is 0.474. The first-order valence-electron chi connectivity index (χ1n) is 8.77. The fraction of sp³-hybridized carbons (Fsp3) is 0.0870. The minimum Gasteiger partial charge on any atom is -0.497 e. The molecule has 0 spiro atoms. The standard InChI is InChI=1S/C23H21NO4/c1-27-20-11-7-17(8-12-20)15-22(24-23(25)26)19-9-13-21(14-10-19)28-16-18-5-3-2-4-6-18/h2-15,24H,16H2,1H3,(H,25,26)/b22-15+. The van der Waals surface area contributed by atoms with Gasteiger partial charge in [-0.05, 0) is 59.2 Å². The molecule has 0 fully saturated rings. The van der Waals surface area contributed by atoms with E-state index in [-0.39, 0.29) is 0 Å². The predicted molar refractivity (Wildman–Crippen MR) is 109 cm³/mol. The van der Waals surface area contributed by atoms with E-state index in [0.29, 0.717) is 18.1 Å². The number of carboxylic acid groups (broad SMARTS) is 1. The Balaban J connectivity index is 1.76. The molecule has 5 heteroatoms. The van der Waals surface area contributed by atoms with Gasteiger partial charge in [-0.25, -0.2) is 4.79 Å². The van der Waals surface area contributed by atoms with Crippen LogP contribution in [0.4, 0.5) is 4.79 Å². The number of ether oxygens (including phenoxy) is 2. The number of carbonyl (C=O) groups is 1. The van der Waals surface area contributed by atoms with Gasteiger partial charge in [0.25, 0.3) is 0 Å². The molecule has 1 amide bonds. The molecule has 0 saturated heterocycles. The Morgan fingerprint density at radius 3 is 2.18 bits per heavy atom. The van der Waals surface area contributed by atoms with Crippen molar-refractivity contribution in [2.45, 2.75) is 6.61 Å². The Hall–Kier alpha value is -3.73. The second-order valence-corrected chi connectivity index (χ2v) is 6.06. The lowest BCUT2D eigenvalue weighted by atomic mass is 10.1. The molecule has 3 aromatic carbocycles. The number of rotatable bonds is 7. The maximum Gasteiger partial charge on any atom is 0.409 e. The van der Waals surface area contributed by atoms with Crippen molar-refractivity contribution in [3.8, 4) is 11.5 Å². The molecule has 0 heterocycles. The molecule has 0 aliphatic rings. The number of methoxy groups -OCH3 is 1. The number of benzene rings is 3. The second kappa shape index (κ2) is 9.28. The van der Waals surface area contributed by atoms with E-state index in [4.69, 9.17) is 9.47 Å². The minimum absolute atomic E-state index is 0.474. The highest BCUT2D eigenvalue weighted by Crippen LogP contribution is 2.21. The first kappa shape index (κ1) is 19.0. The largest absolute Gasteiger partial charge is 0.497 e. The summed E-state index contributed by atoms with van der Waals surface area (Å²) in [5, 5.41) is 11.6. The van der Waals surface area contributed by atoms with Gasteiger partial charge in [0.05, 0.1) is 12.8 Å². The van der Waals surface area contributed by atoms with Crippen molar-refractivity contribution in [1.29, 1.82) is 0 Å². The third-order valence-electron chi connectivity index (χ3n) is 4.08. The van der Waals surface area contributed by atoms with Crippen LogP contribution in [-0.4, -0.2) is 18.3 Å². The van der Waals surface area contributed by atoms with Crippen LogP contribution in [0, 0.1) is 0 Å². The second-order valence-electron chi connectivity index (χ2n) is 6.06. The van der Waals surface area contributed by atoms with Crippen molar-refractivity contribution in [2.75, 3.05) is 7.11 Å². The maximum absolute atomic E-state index is 11.2. The summed E-state index contributed by atoms with van der Waals surface area (Å²) in [6, 6.07) is 24.6. The third kappa shape index (κ3) is 5.38. The molecular weight excluding hydrogens is 354 g/mol. The van der Waals surface area contributed by atoms with Crippen molar-refractivity contribution in [1.82, 2.24) is 5.32 Å². The van der Waals surface area contributed by atoms with Crippen molar-refractivity contribution in [2.24, 2.45) is 0 Å². The Labute approximate surface area is 163 Å². The van der Waals surface area contributed by atoms with Crippen molar-refractivity contribution in [3.05, 3.63) is 95.6 Å². The van der Waals surface area contributed by atoms with E-state index in [2.05, 4.69) is 5.32 Å². The molecule has 0 unspecified atom stereocenters. The molecule has 0 saturated carbocycles. The molecular formula is C23H21NO4. The van der Waals surface area contributed by atoms with Crippen molar-refractivity contribution in [3.63, 3.8) is 0 Å². The predicted octanol–water partition coefficient (Wildman–Crippen LogP) is 5.04. The lowest BCUT2D eigenvalue weighted by Gasteiger charge is -2.10. The van der Waals surface area contributed by atoms with Crippen LogP contribution in [0.25, 0.3) is 11.8 Å². The van der Waals surface area contributed by atoms with E-state index in [9.17, 15) is 9.90 Å². The summed E-state index contributed by atoms with van der Waals surface area (Å²) >= 11 is 0. The Morgan fingerprint density at radius 1 is 0.929 bits per heavy atom. The van der Waals surface area contributed by atoms with E-state index in [1.807, 2.05) is 78.9 Å². The van der Waals surface area contributed by atoms with Crippen LogP contribution in [0.3, 0.4) is 0 Å². The fourth-order valence-electron chi connectivity index (χ4n) is 2.65. The molecule has 0 aromatic heterocycles. The molecule has 5 nitrogen and oxygen atoms in total. The van der Waals surface area contributed by atoms with E-state index < -0.39 is 6.09 Å². The van der Waals surface area contributed by atoms with Gasteiger partial charge in [-0.2, -0.15) is 0 Å². The van der Waals surface area contributed by atoms with Gasteiger partial charge in [0, 0.05) is 0 Å². The smallest absolute Gasteiger partial charge is 0.409 e. The molecule has 3 rings (SSSR count). The van der Waals surface area contributed by atoms with Gasteiger partial charge < -0.3 is 14.6 Å². The van der Waals surface area contributed by atoms with Gasteiger partial charge in [-0.15, -0.1) is 0 Å². The summed E-state index contributed by atoms with van der Waals surface area (Å²) < 4.78 is 10.9. The topological polar surface area (TPSA) is 67.8 Å². The number of hydrogen-bond acceptors (Lipinski definition) is 3. The zero-order valence-corrected chi connectivity index (χ0v) is 15.5. The van der Waals surface area contributed by atoms with E-state index in [1.54, 1.807) is 13.2 Å². The van der Waals surface area contributed by atoms with Gasteiger partial charge in [0.1, 0.15) is 18.1 Å². The van der Waals surface area contributed by atoms with Crippen LogP contribution in [0.15, 0.2) is 78.9 Å². The lowest BCUT2D eigenvalue weighted by molar-refractivity contribution is 0.199. The summed E-state index contributed by atoms with van der Waals surface area (Å²) in [6.07, 6.45) is 0.650. The van der Waals surface area contributed by atoms with E-state index in [0.717, 1.165) is 22.4 Å². The maximum atomic E-state index is 11.2. The summed E-state index contributed by atoms with van der Waals surface area (Å²) in [5.41, 5.74) is 3.16. The first-order valence-corrected chi connectivity index (χ1v) is 8.77. The van der Waals surface area contributed by atoms with Gasteiger partial charge in [0.15, 0.2) is 0 Å². The summed E-state index contributed by atoms with van der Waals surface area (Å²) in [7, 11) is 1.60. The fourth-order valence-corrected chi connectivity index (χ4v) is 2.65. The quantitative estimate of drug-likeness (QED) is 0.568. The molecule has 28 heavy (non-hydrogen) atoms. The molecule has 0 aliphatic heterocycles. The normalized spacial score (nSPS) is 11.0. The van der Waals surface area contributed by atoms with Gasteiger partial charge in [0.2, 0.25) is 0 Å². The van der Waals surface area contributed by atoms with E-state index in [1.165, 1.54) is 0 Å². The highest BCUT2D eigenvalue weighted by Gasteiger charge is 2.07.